The van der Waals surface area contributed by atoms with Crippen LogP contribution in [0, 0.1) is 19.7 Å². The molecule has 0 unspecified atom stereocenters. The Morgan fingerprint density at radius 2 is 1.78 bits per heavy atom. The van der Waals surface area contributed by atoms with Gasteiger partial charge in [-0.2, -0.15) is 0 Å². The second-order valence-corrected chi connectivity index (χ2v) is 6.96. The molecule has 1 aliphatic rings. The zero-order valence-electron chi connectivity index (χ0n) is 16.0. The summed E-state index contributed by atoms with van der Waals surface area (Å²) in [5, 5.41) is 5.76. The number of amides is 2. The molecule has 1 fully saturated rings. The van der Waals surface area contributed by atoms with Crippen molar-refractivity contribution < 1.29 is 9.18 Å². The molecule has 3 rings (SSSR count). The van der Waals surface area contributed by atoms with Gasteiger partial charge in [0.05, 0.1) is 5.69 Å². The second-order valence-electron chi connectivity index (χ2n) is 6.96. The Morgan fingerprint density at radius 3 is 2.48 bits per heavy atom. The minimum absolute atomic E-state index is 0.171. The molecule has 2 amide bonds. The van der Waals surface area contributed by atoms with Gasteiger partial charge in [-0.3, -0.25) is 4.90 Å². The van der Waals surface area contributed by atoms with E-state index in [1.165, 1.54) is 11.6 Å². The van der Waals surface area contributed by atoms with Gasteiger partial charge in [0.2, 0.25) is 0 Å². The third-order valence-electron chi connectivity index (χ3n) is 5.04. The van der Waals surface area contributed by atoms with Crippen molar-refractivity contribution in [2.24, 2.45) is 0 Å². The number of rotatable bonds is 5. The molecule has 0 spiro atoms. The number of benzene rings is 2. The number of hydrogen-bond acceptors (Lipinski definition) is 3. The number of hydrogen-bond donors (Lipinski definition) is 2. The van der Waals surface area contributed by atoms with Crippen LogP contribution in [0.1, 0.15) is 11.1 Å². The normalized spacial score (nSPS) is 14.9. The molecule has 0 aliphatic carbocycles. The van der Waals surface area contributed by atoms with Crippen molar-refractivity contribution >= 4 is 17.4 Å². The van der Waals surface area contributed by atoms with E-state index in [1.54, 1.807) is 6.07 Å². The van der Waals surface area contributed by atoms with Crippen LogP contribution in [0.25, 0.3) is 0 Å². The van der Waals surface area contributed by atoms with Crippen molar-refractivity contribution in [3.05, 3.63) is 59.4 Å². The third kappa shape index (κ3) is 5.20. The highest BCUT2D eigenvalue weighted by atomic mass is 19.1. The van der Waals surface area contributed by atoms with Crippen molar-refractivity contribution in [3.63, 3.8) is 0 Å². The summed E-state index contributed by atoms with van der Waals surface area (Å²) in [6.45, 7) is 8.72. The number of nitrogens with one attached hydrogen (secondary N) is 2. The van der Waals surface area contributed by atoms with E-state index < -0.39 is 0 Å². The molecule has 2 N–H and O–H groups in total. The largest absolute Gasteiger partial charge is 0.367 e. The first kappa shape index (κ1) is 19.2. The van der Waals surface area contributed by atoms with Gasteiger partial charge in [0, 0.05) is 45.0 Å². The zero-order valence-corrected chi connectivity index (χ0v) is 16.0. The SMILES string of the molecule is Cc1ccc(NC(=O)NCCN2CCN(c3ccccc3F)CC2)cc1C. The van der Waals surface area contributed by atoms with Crippen LogP contribution in [-0.4, -0.2) is 50.2 Å². The van der Waals surface area contributed by atoms with Crippen molar-refractivity contribution in [1.82, 2.24) is 10.2 Å². The van der Waals surface area contributed by atoms with Gasteiger partial charge in [0.15, 0.2) is 0 Å². The van der Waals surface area contributed by atoms with Crippen LogP contribution in [0.5, 0.6) is 0 Å². The van der Waals surface area contributed by atoms with Gasteiger partial charge in [-0.1, -0.05) is 18.2 Å². The van der Waals surface area contributed by atoms with Gasteiger partial charge in [-0.25, -0.2) is 9.18 Å². The number of aryl methyl sites for hydroxylation is 2. The van der Waals surface area contributed by atoms with Crippen molar-refractivity contribution in [2.45, 2.75) is 13.8 Å². The van der Waals surface area contributed by atoms with E-state index in [1.807, 2.05) is 44.2 Å². The Hall–Kier alpha value is -2.60. The number of urea groups is 1. The highest BCUT2D eigenvalue weighted by Gasteiger charge is 2.19. The van der Waals surface area contributed by atoms with E-state index in [4.69, 9.17) is 0 Å². The first-order valence-corrected chi connectivity index (χ1v) is 9.37. The average molecular weight is 370 g/mol. The number of anilines is 2. The van der Waals surface area contributed by atoms with Crippen molar-refractivity contribution in [3.8, 4) is 0 Å². The van der Waals surface area contributed by atoms with Crippen LogP contribution in [0.15, 0.2) is 42.5 Å². The summed E-state index contributed by atoms with van der Waals surface area (Å²) in [6.07, 6.45) is 0. The smallest absolute Gasteiger partial charge is 0.319 e. The molecule has 0 radical (unpaired) electrons. The maximum Gasteiger partial charge on any atom is 0.319 e. The highest BCUT2D eigenvalue weighted by molar-refractivity contribution is 5.89. The zero-order chi connectivity index (χ0) is 19.2. The van der Waals surface area contributed by atoms with Gasteiger partial charge in [0.1, 0.15) is 5.82 Å². The van der Waals surface area contributed by atoms with Gasteiger partial charge in [0.25, 0.3) is 0 Å². The summed E-state index contributed by atoms with van der Waals surface area (Å²) < 4.78 is 13.9. The van der Waals surface area contributed by atoms with Gasteiger partial charge < -0.3 is 15.5 Å². The monoisotopic (exact) mass is 370 g/mol. The molecule has 27 heavy (non-hydrogen) atoms. The van der Waals surface area contributed by atoms with Crippen molar-refractivity contribution in [1.29, 1.82) is 0 Å². The average Bonchev–Trinajstić information content (AvgIpc) is 2.66. The maximum absolute atomic E-state index is 13.9. The van der Waals surface area contributed by atoms with E-state index in [2.05, 4.69) is 20.4 Å². The number of carbonyl (C=O) groups is 1. The summed E-state index contributed by atoms with van der Waals surface area (Å²) in [6, 6.07) is 12.6. The van der Waals surface area contributed by atoms with E-state index in [9.17, 15) is 9.18 Å². The second kappa shape index (κ2) is 8.86. The molecule has 2 aromatic rings. The van der Waals surface area contributed by atoms with E-state index in [-0.39, 0.29) is 11.8 Å². The Bertz CT molecular complexity index is 788. The van der Waals surface area contributed by atoms with Crippen LogP contribution in [-0.2, 0) is 0 Å². The Labute approximate surface area is 160 Å². The molecule has 0 aromatic heterocycles. The quantitative estimate of drug-likeness (QED) is 0.848. The fourth-order valence-corrected chi connectivity index (χ4v) is 3.24. The summed E-state index contributed by atoms with van der Waals surface area (Å²) in [4.78, 5) is 16.4. The van der Waals surface area contributed by atoms with Crippen LogP contribution in [0.4, 0.5) is 20.6 Å². The minimum Gasteiger partial charge on any atom is -0.367 e. The summed E-state index contributed by atoms with van der Waals surface area (Å²) in [5.41, 5.74) is 3.83. The Morgan fingerprint density at radius 1 is 1.04 bits per heavy atom. The Kier molecular flexibility index (Phi) is 6.29. The van der Waals surface area contributed by atoms with Gasteiger partial charge in [-0.05, 0) is 49.2 Å². The molecule has 1 aliphatic heterocycles. The summed E-state index contributed by atoms with van der Waals surface area (Å²) in [7, 11) is 0. The predicted molar refractivity (Wildman–Crippen MR) is 108 cm³/mol. The fraction of sp³-hybridized carbons (Fsp3) is 0.381. The molecule has 5 nitrogen and oxygen atoms in total. The van der Waals surface area contributed by atoms with Crippen LogP contribution in [0.3, 0.4) is 0 Å². The lowest BCUT2D eigenvalue weighted by Crippen LogP contribution is -2.49. The minimum atomic E-state index is -0.191. The molecule has 6 heteroatoms. The highest BCUT2D eigenvalue weighted by Crippen LogP contribution is 2.20. The fourth-order valence-electron chi connectivity index (χ4n) is 3.24. The first-order chi connectivity index (χ1) is 13.0. The van der Waals surface area contributed by atoms with E-state index in [0.29, 0.717) is 12.2 Å². The maximum atomic E-state index is 13.9. The lowest BCUT2D eigenvalue weighted by atomic mass is 10.1. The molecule has 1 heterocycles. The van der Waals surface area contributed by atoms with Gasteiger partial charge >= 0.3 is 6.03 Å². The standard InChI is InChI=1S/C21H27FN4O/c1-16-7-8-18(15-17(16)2)24-21(27)23-9-10-25-11-13-26(14-12-25)20-6-4-3-5-19(20)22/h3-8,15H,9-14H2,1-2H3,(H2,23,24,27). The first-order valence-electron chi connectivity index (χ1n) is 9.37. The molecule has 0 saturated carbocycles. The predicted octanol–water partition coefficient (Wildman–Crippen LogP) is 3.39. The lowest BCUT2D eigenvalue weighted by Gasteiger charge is -2.36. The molecular weight excluding hydrogens is 343 g/mol. The van der Waals surface area contributed by atoms with Crippen LogP contribution >= 0.6 is 0 Å². The summed E-state index contributed by atoms with van der Waals surface area (Å²) >= 11 is 0. The van der Waals surface area contributed by atoms with Crippen LogP contribution in [0.2, 0.25) is 0 Å². The molecule has 0 bridgehead atoms. The molecule has 0 atom stereocenters. The van der Waals surface area contributed by atoms with Crippen LogP contribution < -0.4 is 15.5 Å². The number of nitrogens with zero attached hydrogens (tertiary/aromatic N) is 2. The molecule has 144 valence electrons. The third-order valence-corrected chi connectivity index (χ3v) is 5.04. The van der Waals surface area contributed by atoms with Gasteiger partial charge in [-0.15, -0.1) is 0 Å². The number of carbonyl (C=O) groups excluding carboxylic acids is 1. The number of piperazine rings is 1. The molecular formula is C21H27FN4O. The lowest BCUT2D eigenvalue weighted by molar-refractivity contribution is 0.240. The number of para-hydroxylation sites is 1. The molecule has 2 aromatic carbocycles. The Balaban J connectivity index is 1.38. The number of halogens is 1. The van der Waals surface area contributed by atoms with Crippen molar-refractivity contribution in [2.75, 3.05) is 49.5 Å². The summed E-state index contributed by atoms with van der Waals surface area (Å²) in [5.74, 6) is -0.171. The van der Waals surface area contributed by atoms with E-state index in [0.717, 1.165) is 44.0 Å². The molecule has 1 saturated heterocycles. The van der Waals surface area contributed by atoms with E-state index >= 15 is 0 Å². The topological polar surface area (TPSA) is 47.6 Å².